The molecule has 1 aromatic carbocycles. The van der Waals surface area contributed by atoms with Crippen molar-refractivity contribution in [3.8, 4) is 5.69 Å². The molecule has 0 aliphatic heterocycles. The number of nitrogens with zero attached hydrogens (tertiary/aromatic N) is 2. The summed E-state index contributed by atoms with van der Waals surface area (Å²) in [5.74, 6) is 1.03. The van der Waals surface area contributed by atoms with Crippen LogP contribution in [0.15, 0.2) is 35.1 Å². The molecule has 18 heavy (non-hydrogen) atoms. The molecule has 3 nitrogen and oxygen atoms in total. The first kappa shape index (κ1) is 13.3. The summed E-state index contributed by atoms with van der Waals surface area (Å²) in [5.41, 5.74) is 1.90. The molecule has 0 aliphatic rings. The Morgan fingerprint density at radius 2 is 2.22 bits per heavy atom. The van der Waals surface area contributed by atoms with Gasteiger partial charge in [0.2, 0.25) is 0 Å². The zero-order valence-corrected chi connectivity index (χ0v) is 12.2. The molecule has 4 heteroatoms. The number of halogens is 1. The van der Waals surface area contributed by atoms with Crippen molar-refractivity contribution in [1.82, 2.24) is 9.55 Å². The van der Waals surface area contributed by atoms with E-state index < -0.39 is 6.10 Å². The molecule has 0 radical (unpaired) electrons. The highest BCUT2D eigenvalue weighted by Crippen LogP contribution is 2.26. The highest BCUT2D eigenvalue weighted by Gasteiger charge is 2.12. The maximum Gasteiger partial charge on any atom is 0.113 e. The number of aliphatic hydroxyl groups is 1. The Labute approximate surface area is 116 Å². The third-order valence-electron chi connectivity index (χ3n) is 2.89. The van der Waals surface area contributed by atoms with Crippen LogP contribution in [0.1, 0.15) is 37.8 Å². The Kier molecular flexibility index (Phi) is 4.19. The van der Waals surface area contributed by atoms with Crippen molar-refractivity contribution < 1.29 is 5.11 Å². The van der Waals surface area contributed by atoms with E-state index in [1.165, 1.54) is 0 Å². The molecule has 1 aromatic heterocycles. The second-order valence-electron chi connectivity index (χ2n) is 4.34. The van der Waals surface area contributed by atoms with Crippen LogP contribution in [0.3, 0.4) is 0 Å². The lowest BCUT2D eigenvalue weighted by Crippen LogP contribution is -2.05. The van der Waals surface area contributed by atoms with Crippen LogP contribution in [-0.4, -0.2) is 14.7 Å². The Balaban J connectivity index is 2.54. The first-order valence-corrected chi connectivity index (χ1v) is 6.93. The van der Waals surface area contributed by atoms with Gasteiger partial charge in [-0.25, -0.2) is 4.98 Å². The molecule has 1 heterocycles. The van der Waals surface area contributed by atoms with Gasteiger partial charge in [0.15, 0.2) is 0 Å². The number of hydrogen-bond donors (Lipinski definition) is 1. The van der Waals surface area contributed by atoms with E-state index in [4.69, 9.17) is 0 Å². The zero-order valence-electron chi connectivity index (χ0n) is 10.6. The highest BCUT2D eigenvalue weighted by molar-refractivity contribution is 9.10. The summed E-state index contributed by atoms with van der Waals surface area (Å²) in [7, 11) is 0. The molecule has 1 unspecified atom stereocenters. The lowest BCUT2D eigenvalue weighted by Gasteiger charge is -2.15. The Morgan fingerprint density at radius 3 is 2.89 bits per heavy atom. The summed E-state index contributed by atoms with van der Waals surface area (Å²) < 4.78 is 3.05. The van der Waals surface area contributed by atoms with Crippen molar-refractivity contribution in [2.24, 2.45) is 0 Å². The van der Waals surface area contributed by atoms with Crippen molar-refractivity contribution in [1.29, 1.82) is 0 Å². The fourth-order valence-electron chi connectivity index (χ4n) is 2.04. The van der Waals surface area contributed by atoms with E-state index in [1.54, 1.807) is 13.1 Å². The van der Waals surface area contributed by atoms with Gasteiger partial charge in [-0.1, -0.05) is 28.9 Å². The molecule has 0 saturated heterocycles. The molecule has 0 bridgehead atoms. The molecule has 0 amide bonds. The van der Waals surface area contributed by atoms with E-state index in [-0.39, 0.29) is 0 Å². The molecule has 0 spiro atoms. The lowest BCUT2D eigenvalue weighted by molar-refractivity contribution is 0.199. The summed E-state index contributed by atoms with van der Waals surface area (Å²) >= 11 is 3.48. The number of benzene rings is 1. The molecule has 2 aromatic rings. The van der Waals surface area contributed by atoms with Crippen LogP contribution in [0.25, 0.3) is 5.69 Å². The number of aliphatic hydroxyl groups excluding tert-OH is 1. The van der Waals surface area contributed by atoms with Crippen molar-refractivity contribution in [2.45, 2.75) is 32.8 Å². The van der Waals surface area contributed by atoms with Gasteiger partial charge in [0.25, 0.3) is 0 Å². The Bertz CT molecular complexity index is 534. The normalized spacial score (nSPS) is 12.7. The molecule has 2 rings (SSSR count). The molecule has 0 fully saturated rings. The highest BCUT2D eigenvalue weighted by atomic mass is 79.9. The van der Waals surface area contributed by atoms with Crippen LogP contribution in [0, 0.1) is 0 Å². The molecule has 1 N–H and O–H groups in total. The first-order chi connectivity index (χ1) is 8.63. The second-order valence-corrected chi connectivity index (χ2v) is 5.26. The van der Waals surface area contributed by atoms with Gasteiger partial charge >= 0.3 is 0 Å². The van der Waals surface area contributed by atoms with E-state index in [1.807, 2.05) is 24.4 Å². The summed E-state index contributed by atoms with van der Waals surface area (Å²) in [5, 5.41) is 9.87. The van der Waals surface area contributed by atoms with Crippen LogP contribution >= 0.6 is 15.9 Å². The fraction of sp³-hybridized carbons (Fsp3) is 0.357. The van der Waals surface area contributed by atoms with Gasteiger partial charge in [0.1, 0.15) is 5.82 Å². The molecule has 0 aliphatic carbocycles. The summed E-state index contributed by atoms with van der Waals surface area (Å²) in [6, 6.07) is 5.91. The lowest BCUT2D eigenvalue weighted by atomic mass is 10.1. The topological polar surface area (TPSA) is 38.0 Å². The van der Waals surface area contributed by atoms with Gasteiger partial charge in [-0.05, 0) is 25.5 Å². The van der Waals surface area contributed by atoms with Gasteiger partial charge in [0, 0.05) is 28.9 Å². The van der Waals surface area contributed by atoms with Crippen LogP contribution in [-0.2, 0) is 6.42 Å². The van der Waals surface area contributed by atoms with Crippen molar-refractivity contribution in [3.63, 3.8) is 0 Å². The van der Waals surface area contributed by atoms with Crippen LogP contribution in [0.2, 0.25) is 0 Å². The Hall–Kier alpha value is -1.13. The predicted molar refractivity (Wildman–Crippen MR) is 75.9 cm³/mol. The number of aromatic nitrogens is 2. The van der Waals surface area contributed by atoms with Crippen LogP contribution in [0.4, 0.5) is 0 Å². The molecule has 96 valence electrons. The predicted octanol–water partition coefficient (Wildman–Crippen LogP) is 3.64. The molecule has 1 atom stereocenters. The van der Waals surface area contributed by atoms with Gasteiger partial charge in [-0.2, -0.15) is 0 Å². The van der Waals surface area contributed by atoms with E-state index in [0.717, 1.165) is 34.4 Å². The monoisotopic (exact) mass is 308 g/mol. The van der Waals surface area contributed by atoms with Gasteiger partial charge < -0.3 is 9.67 Å². The minimum atomic E-state index is -0.495. The number of imidazole rings is 1. The average molecular weight is 309 g/mol. The Morgan fingerprint density at radius 1 is 1.44 bits per heavy atom. The van der Waals surface area contributed by atoms with Gasteiger partial charge in [-0.3, -0.25) is 0 Å². The summed E-state index contributed by atoms with van der Waals surface area (Å²) in [6.45, 7) is 3.92. The largest absolute Gasteiger partial charge is 0.389 e. The van der Waals surface area contributed by atoms with E-state index in [9.17, 15) is 5.11 Å². The fourth-order valence-corrected chi connectivity index (χ4v) is 2.39. The van der Waals surface area contributed by atoms with Crippen molar-refractivity contribution in [2.75, 3.05) is 0 Å². The zero-order chi connectivity index (χ0) is 13.1. The number of aryl methyl sites for hydroxylation is 1. The van der Waals surface area contributed by atoms with E-state index in [0.29, 0.717) is 0 Å². The second kappa shape index (κ2) is 5.67. The summed E-state index contributed by atoms with van der Waals surface area (Å²) in [4.78, 5) is 4.38. The average Bonchev–Trinajstić information content (AvgIpc) is 2.77. The van der Waals surface area contributed by atoms with Crippen LogP contribution in [0.5, 0.6) is 0 Å². The quantitative estimate of drug-likeness (QED) is 0.936. The third-order valence-corrected chi connectivity index (χ3v) is 3.39. The molecule has 0 saturated carbocycles. The van der Waals surface area contributed by atoms with E-state index >= 15 is 0 Å². The van der Waals surface area contributed by atoms with E-state index in [2.05, 4.69) is 32.4 Å². The smallest absolute Gasteiger partial charge is 0.113 e. The minimum absolute atomic E-state index is 0.495. The van der Waals surface area contributed by atoms with Crippen molar-refractivity contribution in [3.05, 3.63) is 46.5 Å². The third kappa shape index (κ3) is 2.65. The standard InChI is InChI=1S/C14H17BrN2O/c1-3-4-14-16-7-8-17(14)13-9-11(15)5-6-12(13)10(2)18/h5-10,18H,3-4H2,1-2H3. The summed E-state index contributed by atoms with van der Waals surface area (Å²) in [6.07, 6.45) is 5.23. The SMILES string of the molecule is CCCc1nccn1-c1cc(Br)ccc1C(C)O. The minimum Gasteiger partial charge on any atom is -0.389 e. The maximum atomic E-state index is 9.87. The molecular formula is C14H17BrN2O. The number of hydrogen-bond acceptors (Lipinski definition) is 2. The number of rotatable bonds is 4. The van der Waals surface area contributed by atoms with Gasteiger partial charge in [0.05, 0.1) is 11.8 Å². The maximum absolute atomic E-state index is 9.87. The van der Waals surface area contributed by atoms with Crippen LogP contribution < -0.4 is 0 Å². The first-order valence-electron chi connectivity index (χ1n) is 6.13. The van der Waals surface area contributed by atoms with Gasteiger partial charge in [-0.15, -0.1) is 0 Å². The molecular weight excluding hydrogens is 292 g/mol. The van der Waals surface area contributed by atoms with Crippen molar-refractivity contribution >= 4 is 15.9 Å².